The summed E-state index contributed by atoms with van der Waals surface area (Å²) in [6.45, 7) is 2.99. The summed E-state index contributed by atoms with van der Waals surface area (Å²) in [6, 6.07) is 6.22. The smallest absolute Gasteiger partial charge is 0.0703 e. The molecule has 0 atom stereocenters. The van der Waals surface area contributed by atoms with Gasteiger partial charge in [0.05, 0.1) is 5.69 Å². The number of nitrogens with zero attached hydrogens (tertiary/aromatic N) is 2. The first-order valence-corrected chi connectivity index (χ1v) is 6.99. The standard InChI is InChI=1S/C15H20ClN3/c1-4-5-15-13(10-19(3)18-15)12-7-6-11(9-17-2)8-14(12)16/h6-8,10,17H,4-5,9H2,1-3H3. The second-order valence-electron chi connectivity index (χ2n) is 4.76. The molecular formula is C15H20ClN3. The minimum absolute atomic E-state index is 0.790. The van der Waals surface area contributed by atoms with E-state index < -0.39 is 0 Å². The molecular weight excluding hydrogens is 258 g/mol. The molecule has 2 aromatic rings. The molecule has 0 unspecified atom stereocenters. The maximum atomic E-state index is 6.42. The van der Waals surface area contributed by atoms with E-state index >= 15 is 0 Å². The fourth-order valence-corrected chi connectivity index (χ4v) is 2.58. The van der Waals surface area contributed by atoms with Crippen LogP contribution in [0.2, 0.25) is 5.02 Å². The van der Waals surface area contributed by atoms with Crippen LogP contribution in [0.25, 0.3) is 11.1 Å². The summed E-state index contributed by atoms with van der Waals surface area (Å²) >= 11 is 6.42. The molecule has 0 bridgehead atoms. The van der Waals surface area contributed by atoms with Crippen LogP contribution in [0.5, 0.6) is 0 Å². The molecule has 1 aromatic heterocycles. The SMILES string of the molecule is CCCc1nn(C)cc1-c1ccc(CNC)cc1Cl. The maximum absolute atomic E-state index is 6.42. The number of benzene rings is 1. The average molecular weight is 278 g/mol. The van der Waals surface area contributed by atoms with E-state index in [1.165, 1.54) is 5.56 Å². The molecule has 102 valence electrons. The van der Waals surface area contributed by atoms with Crippen LogP contribution < -0.4 is 5.32 Å². The van der Waals surface area contributed by atoms with Crippen LogP contribution in [0.15, 0.2) is 24.4 Å². The highest BCUT2D eigenvalue weighted by atomic mass is 35.5. The van der Waals surface area contributed by atoms with Gasteiger partial charge in [-0.2, -0.15) is 5.10 Å². The van der Waals surface area contributed by atoms with Gasteiger partial charge in [-0.15, -0.1) is 0 Å². The Morgan fingerprint density at radius 1 is 1.32 bits per heavy atom. The summed E-state index contributed by atoms with van der Waals surface area (Å²) in [5.74, 6) is 0. The molecule has 2 rings (SSSR count). The van der Waals surface area contributed by atoms with Gasteiger partial charge in [-0.25, -0.2) is 0 Å². The normalized spacial score (nSPS) is 10.9. The molecule has 0 aliphatic rings. The van der Waals surface area contributed by atoms with Crippen molar-refractivity contribution in [2.45, 2.75) is 26.3 Å². The van der Waals surface area contributed by atoms with E-state index in [0.29, 0.717) is 0 Å². The van der Waals surface area contributed by atoms with Crippen LogP contribution >= 0.6 is 11.6 Å². The van der Waals surface area contributed by atoms with Crippen LogP contribution in [0.3, 0.4) is 0 Å². The fourth-order valence-electron chi connectivity index (χ4n) is 2.27. The molecule has 1 N–H and O–H groups in total. The Morgan fingerprint density at radius 3 is 2.74 bits per heavy atom. The topological polar surface area (TPSA) is 29.9 Å². The highest BCUT2D eigenvalue weighted by Crippen LogP contribution is 2.31. The summed E-state index contributed by atoms with van der Waals surface area (Å²) in [5, 5.41) is 8.44. The molecule has 0 aliphatic heterocycles. The van der Waals surface area contributed by atoms with E-state index in [4.69, 9.17) is 11.6 Å². The molecule has 0 radical (unpaired) electrons. The van der Waals surface area contributed by atoms with Crippen LogP contribution in [-0.4, -0.2) is 16.8 Å². The van der Waals surface area contributed by atoms with Crippen LogP contribution in [-0.2, 0) is 20.0 Å². The number of aromatic nitrogens is 2. The van der Waals surface area contributed by atoms with Gasteiger partial charge in [-0.3, -0.25) is 4.68 Å². The largest absolute Gasteiger partial charge is 0.316 e. The van der Waals surface area contributed by atoms with Crippen molar-refractivity contribution in [3.8, 4) is 11.1 Å². The Bertz CT molecular complexity index is 561. The van der Waals surface area contributed by atoms with E-state index in [1.807, 2.05) is 31.0 Å². The van der Waals surface area contributed by atoms with Gasteiger partial charge < -0.3 is 5.32 Å². The van der Waals surface area contributed by atoms with Gasteiger partial charge in [0.2, 0.25) is 0 Å². The lowest BCUT2D eigenvalue weighted by molar-refractivity contribution is 0.733. The van der Waals surface area contributed by atoms with E-state index in [1.54, 1.807) is 0 Å². The highest BCUT2D eigenvalue weighted by molar-refractivity contribution is 6.33. The third kappa shape index (κ3) is 3.17. The second-order valence-corrected chi connectivity index (χ2v) is 5.16. The number of rotatable bonds is 5. The first kappa shape index (κ1) is 14.1. The van der Waals surface area contributed by atoms with Crippen LogP contribution in [0, 0.1) is 0 Å². The predicted molar refractivity (Wildman–Crippen MR) is 80.4 cm³/mol. The lowest BCUT2D eigenvalue weighted by atomic mass is 10.0. The van der Waals surface area contributed by atoms with Crippen molar-refractivity contribution < 1.29 is 0 Å². The van der Waals surface area contributed by atoms with Gasteiger partial charge >= 0.3 is 0 Å². The third-order valence-corrected chi connectivity index (χ3v) is 3.41. The summed E-state index contributed by atoms with van der Waals surface area (Å²) in [5.41, 5.74) is 4.52. The van der Waals surface area contributed by atoms with Crippen molar-refractivity contribution in [3.05, 3.63) is 40.7 Å². The Kier molecular flexibility index (Phi) is 4.61. The van der Waals surface area contributed by atoms with E-state index in [9.17, 15) is 0 Å². The summed E-state index contributed by atoms with van der Waals surface area (Å²) in [6.07, 6.45) is 4.11. The molecule has 0 aliphatic carbocycles. The Morgan fingerprint density at radius 2 is 2.11 bits per heavy atom. The molecule has 4 heteroatoms. The molecule has 0 amide bonds. The number of aryl methyl sites for hydroxylation is 2. The average Bonchev–Trinajstić information content (AvgIpc) is 2.71. The van der Waals surface area contributed by atoms with Gasteiger partial charge in [-0.05, 0) is 25.1 Å². The monoisotopic (exact) mass is 277 g/mol. The summed E-state index contributed by atoms with van der Waals surface area (Å²) in [4.78, 5) is 0. The molecule has 0 saturated carbocycles. The van der Waals surface area contributed by atoms with Gasteiger partial charge in [0, 0.05) is 35.9 Å². The highest BCUT2D eigenvalue weighted by Gasteiger charge is 2.12. The van der Waals surface area contributed by atoms with Crippen molar-refractivity contribution in [3.63, 3.8) is 0 Å². The first-order chi connectivity index (χ1) is 9.15. The minimum Gasteiger partial charge on any atom is -0.316 e. The summed E-state index contributed by atoms with van der Waals surface area (Å²) in [7, 11) is 3.88. The van der Waals surface area contributed by atoms with Crippen molar-refractivity contribution in [1.29, 1.82) is 0 Å². The zero-order valence-corrected chi connectivity index (χ0v) is 12.5. The van der Waals surface area contributed by atoms with E-state index in [-0.39, 0.29) is 0 Å². The molecule has 1 heterocycles. The van der Waals surface area contributed by atoms with Crippen LogP contribution in [0.1, 0.15) is 24.6 Å². The Balaban J connectivity index is 2.41. The van der Waals surface area contributed by atoms with Crippen molar-refractivity contribution in [1.82, 2.24) is 15.1 Å². The lowest BCUT2D eigenvalue weighted by Crippen LogP contribution is -2.04. The quantitative estimate of drug-likeness (QED) is 0.908. The molecule has 0 fully saturated rings. The van der Waals surface area contributed by atoms with E-state index in [2.05, 4.69) is 29.5 Å². The van der Waals surface area contributed by atoms with Crippen molar-refractivity contribution >= 4 is 11.6 Å². The van der Waals surface area contributed by atoms with Crippen LogP contribution in [0.4, 0.5) is 0 Å². The fraction of sp³-hybridized carbons (Fsp3) is 0.400. The maximum Gasteiger partial charge on any atom is 0.0703 e. The zero-order valence-electron chi connectivity index (χ0n) is 11.7. The van der Waals surface area contributed by atoms with Gasteiger partial charge in [-0.1, -0.05) is 37.1 Å². The predicted octanol–water partition coefficient (Wildman–Crippen LogP) is 3.41. The summed E-state index contributed by atoms with van der Waals surface area (Å²) < 4.78 is 1.86. The van der Waals surface area contributed by atoms with Gasteiger partial charge in [0.25, 0.3) is 0 Å². The third-order valence-electron chi connectivity index (χ3n) is 3.10. The molecule has 3 nitrogen and oxygen atoms in total. The second kappa shape index (κ2) is 6.22. The number of nitrogens with one attached hydrogen (secondary N) is 1. The molecule has 1 aromatic carbocycles. The van der Waals surface area contributed by atoms with Crippen molar-refractivity contribution in [2.24, 2.45) is 7.05 Å². The number of halogens is 1. The lowest BCUT2D eigenvalue weighted by Gasteiger charge is -2.07. The zero-order chi connectivity index (χ0) is 13.8. The van der Waals surface area contributed by atoms with E-state index in [0.717, 1.165) is 41.2 Å². The molecule has 19 heavy (non-hydrogen) atoms. The van der Waals surface area contributed by atoms with Crippen molar-refractivity contribution in [2.75, 3.05) is 7.05 Å². The Hall–Kier alpha value is -1.32. The number of hydrogen-bond donors (Lipinski definition) is 1. The minimum atomic E-state index is 0.790. The first-order valence-electron chi connectivity index (χ1n) is 6.61. The number of hydrogen-bond acceptors (Lipinski definition) is 2. The molecule has 0 saturated heterocycles. The Labute approximate surface area is 119 Å². The molecule has 0 spiro atoms. The van der Waals surface area contributed by atoms with Gasteiger partial charge in [0.15, 0.2) is 0 Å². The van der Waals surface area contributed by atoms with Gasteiger partial charge in [0.1, 0.15) is 0 Å².